The summed E-state index contributed by atoms with van der Waals surface area (Å²) < 4.78 is 5.84. The molecule has 19 heavy (non-hydrogen) atoms. The molecule has 2 aliphatic rings. The van der Waals surface area contributed by atoms with Gasteiger partial charge in [0.1, 0.15) is 0 Å². The smallest absolute Gasteiger partial charge is 0.0702 e. The maximum atomic E-state index is 5.84. The first-order valence-electron chi connectivity index (χ1n) is 7.56. The lowest BCUT2D eigenvalue weighted by Crippen LogP contribution is -2.49. The molecule has 2 heterocycles. The molecule has 0 bridgehead atoms. The van der Waals surface area contributed by atoms with Crippen LogP contribution in [0.15, 0.2) is 30.3 Å². The largest absolute Gasteiger partial charge is 0.377 e. The van der Waals surface area contributed by atoms with Gasteiger partial charge in [-0.05, 0) is 31.4 Å². The van der Waals surface area contributed by atoms with Gasteiger partial charge in [-0.2, -0.15) is 0 Å². The number of rotatable bonds is 3. The molecule has 0 aliphatic carbocycles. The topological polar surface area (TPSA) is 15.7 Å². The summed E-state index contributed by atoms with van der Waals surface area (Å²) in [6, 6.07) is 10.7. The Balaban J connectivity index is 1.46. The summed E-state index contributed by atoms with van der Waals surface area (Å²) in [4.78, 5) is 5.05. The van der Waals surface area contributed by atoms with Crippen molar-refractivity contribution in [2.24, 2.45) is 0 Å². The molecule has 0 saturated carbocycles. The Bertz CT molecular complexity index is 368. The van der Waals surface area contributed by atoms with Crippen molar-refractivity contribution in [2.45, 2.75) is 25.4 Å². The summed E-state index contributed by atoms with van der Waals surface area (Å²) in [5.74, 6) is 0. The van der Waals surface area contributed by atoms with Crippen molar-refractivity contribution in [3.8, 4) is 0 Å². The van der Waals surface area contributed by atoms with Crippen molar-refractivity contribution in [2.75, 3.05) is 44.2 Å². The van der Waals surface area contributed by atoms with Crippen LogP contribution in [0.5, 0.6) is 0 Å². The summed E-state index contributed by atoms with van der Waals surface area (Å²) in [6.45, 7) is 6.69. The Morgan fingerprint density at radius 1 is 1.00 bits per heavy atom. The van der Waals surface area contributed by atoms with Crippen molar-refractivity contribution in [3.63, 3.8) is 0 Å². The number of hydrogen-bond donors (Lipinski definition) is 0. The van der Waals surface area contributed by atoms with Crippen molar-refractivity contribution < 1.29 is 4.74 Å². The minimum absolute atomic E-state index is 0.483. The van der Waals surface area contributed by atoms with Gasteiger partial charge in [0.2, 0.25) is 0 Å². The number of ether oxygens (including phenoxy) is 1. The summed E-state index contributed by atoms with van der Waals surface area (Å²) in [5.41, 5.74) is 1.36. The van der Waals surface area contributed by atoms with E-state index in [2.05, 4.69) is 40.1 Å². The highest BCUT2D eigenvalue weighted by Crippen LogP contribution is 2.18. The lowest BCUT2D eigenvalue weighted by molar-refractivity contribution is -0.00645. The first kappa shape index (κ1) is 12.9. The molecule has 2 aliphatic heterocycles. The van der Waals surface area contributed by atoms with Crippen LogP contribution in [0.1, 0.15) is 19.3 Å². The van der Waals surface area contributed by atoms with E-state index in [1.165, 1.54) is 24.9 Å². The first-order valence-corrected chi connectivity index (χ1v) is 7.56. The van der Waals surface area contributed by atoms with E-state index >= 15 is 0 Å². The normalized spacial score (nSPS) is 25.5. The second-order valence-electron chi connectivity index (χ2n) is 5.61. The zero-order valence-electron chi connectivity index (χ0n) is 11.6. The van der Waals surface area contributed by atoms with Gasteiger partial charge < -0.3 is 9.64 Å². The second-order valence-corrected chi connectivity index (χ2v) is 5.61. The quantitative estimate of drug-likeness (QED) is 0.830. The third-order valence-corrected chi connectivity index (χ3v) is 4.23. The van der Waals surface area contributed by atoms with E-state index in [0.717, 1.165) is 39.3 Å². The summed E-state index contributed by atoms with van der Waals surface area (Å²) in [7, 11) is 0. The van der Waals surface area contributed by atoms with Crippen molar-refractivity contribution >= 4 is 5.69 Å². The monoisotopic (exact) mass is 260 g/mol. The molecule has 1 unspecified atom stereocenters. The molecule has 3 rings (SSSR count). The number of benzene rings is 1. The molecule has 0 amide bonds. The molecule has 1 aromatic carbocycles. The maximum Gasteiger partial charge on any atom is 0.0702 e. The fourth-order valence-electron chi connectivity index (χ4n) is 3.07. The van der Waals surface area contributed by atoms with E-state index in [1.807, 2.05) is 0 Å². The minimum Gasteiger partial charge on any atom is -0.377 e. The highest BCUT2D eigenvalue weighted by Gasteiger charge is 2.21. The average Bonchev–Trinajstić information content (AvgIpc) is 2.50. The fourth-order valence-corrected chi connectivity index (χ4v) is 3.07. The van der Waals surface area contributed by atoms with E-state index in [0.29, 0.717) is 6.10 Å². The Hall–Kier alpha value is -1.06. The van der Waals surface area contributed by atoms with E-state index < -0.39 is 0 Å². The minimum atomic E-state index is 0.483. The number of piperazine rings is 1. The molecule has 2 fully saturated rings. The summed E-state index contributed by atoms with van der Waals surface area (Å²) >= 11 is 0. The van der Waals surface area contributed by atoms with Gasteiger partial charge in [-0.3, -0.25) is 4.90 Å². The van der Waals surface area contributed by atoms with Gasteiger partial charge in [-0.1, -0.05) is 18.2 Å². The molecule has 104 valence electrons. The lowest BCUT2D eigenvalue weighted by atomic mass is 10.1. The zero-order valence-corrected chi connectivity index (χ0v) is 11.6. The molecule has 0 radical (unpaired) electrons. The molecule has 1 atom stereocenters. The summed E-state index contributed by atoms with van der Waals surface area (Å²) in [6.07, 6.45) is 4.32. The van der Waals surface area contributed by atoms with Crippen LogP contribution >= 0.6 is 0 Å². The number of para-hydroxylation sites is 1. The average molecular weight is 260 g/mol. The Morgan fingerprint density at radius 3 is 2.47 bits per heavy atom. The molecule has 1 aromatic rings. The third-order valence-electron chi connectivity index (χ3n) is 4.23. The predicted molar refractivity (Wildman–Crippen MR) is 78.7 cm³/mol. The van der Waals surface area contributed by atoms with Crippen LogP contribution in [0.25, 0.3) is 0 Å². The van der Waals surface area contributed by atoms with Crippen LogP contribution < -0.4 is 4.90 Å². The molecule has 0 spiro atoms. The number of nitrogens with zero attached hydrogens (tertiary/aromatic N) is 2. The molecule has 3 nitrogen and oxygen atoms in total. The predicted octanol–water partition coefficient (Wildman–Crippen LogP) is 2.38. The Labute approximate surface area is 116 Å². The second kappa shape index (κ2) is 6.40. The Kier molecular flexibility index (Phi) is 4.36. The zero-order chi connectivity index (χ0) is 12.9. The maximum absolute atomic E-state index is 5.84. The number of anilines is 1. The van der Waals surface area contributed by atoms with E-state index in [4.69, 9.17) is 4.74 Å². The highest BCUT2D eigenvalue weighted by molar-refractivity contribution is 5.46. The van der Waals surface area contributed by atoms with E-state index in [1.54, 1.807) is 0 Å². The SMILES string of the molecule is c1ccc(N2CCN(CC3CCCCO3)CC2)cc1. The van der Waals surface area contributed by atoms with Gasteiger partial charge in [0.05, 0.1) is 6.10 Å². The van der Waals surface area contributed by atoms with Crippen LogP contribution in [0.4, 0.5) is 5.69 Å². The molecule has 0 N–H and O–H groups in total. The van der Waals surface area contributed by atoms with E-state index in [-0.39, 0.29) is 0 Å². The lowest BCUT2D eigenvalue weighted by Gasteiger charge is -2.38. The van der Waals surface area contributed by atoms with Gasteiger partial charge in [0.15, 0.2) is 0 Å². The van der Waals surface area contributed by atoms with Crippen LogP contribution in [0.2, 0.25) is 0 Å². The van der Waals surface area contributed by atoms with Gasteiger partial charge in [-0.25, -0.2) is 0 Å². The molecule has 2 saturated heterocycles. The van der Waals surface area contributed by atoms with E-state index in [9.17, 15) is 0 Å². The van der Waals surface area contributed by atoms with Crippen LogP contribution in [0.3, 0.4) is 0 Å². The van der Waals surface area contributed by atoms with Crippen molar-refractivity contribution in [1.82, 2.24) is 4.90 Å². The third kappa shape index (κ3) is 3.48. The first-order chi connectivity index (χ1) is 9.42. The standard InChI is InChI=1S/C16H24N2O/c1-2-6-15(7-3-1)18-11-9-17(10-12-18)14-16-8-4-5-13-19-16/h1-3,6-7,16H,4-5,8-14H2. The summed E-state index contributed by atoms with van der Waals surface area (Å²) in [5, 5.41) is 0. The van der Waals surface area contributed by atoms with Crippen LogP contribution in [0, 0.1) is 0 Å². The van der Waals surface area contributed by atoms with Gasteiger partial charge in [0, 0.05) is 45.0 Å². The fraction of sp³-hybridized carbons (Fsp3) is 0.625. The molecule has 3 heteroatoms. The van der Waals surface area contributed by atoms with Gasteiger partial charge in [-0.15, -0.1) is 0 Å². The molecule has 0 aromatic heterocycles. The highest BCUT2D eigenvalue weighted by atomic mass is 16.5. The molecular formula is C16H24N2O. The molecular weight excluding hydrogens is 236 g/mol. The number of hydrogen-bond acceptors (Lipinski definition) is 3. The van der Waals surface area contributed by atoms with Gasteiger partial charge >= 0.3 is 0 Å². The Morgan fingerprint density at radius 2 is 1.79 bits per heavy atom. The van der Waals surface area contributed by atoms with Gasteiger partial charge in [0.25, 0.3) is 0 Å². The van der Waals surface area contributed by atoms with Crippen LogP contribution in [-0.2, 0) is 4.74 Å². The van der Waals surface area contributed by atoms with Crippen molar-refractivity contribution in [3.05, 3.63) is 30.3 Å². The van der Waals surface area contributed by atoms with Crippen LogP contribution in [-0.4, -0.2) is 50.3 Å². The van der Waals surface area contributed by atoms with Crippen molar-refractivity contribution in [1.29, 1.82) is 0 Å².